The Balaban J connectivity index is 1.34. The molecule has 3 aromatic rings. The first kappa shape index (κ1) is 18.1. The summed E-state index contributed by atoms with van der Waals surface area (Å²) in [5.74, 6) is 2.92. The van der Waals surface area contributed by atoms with Crippen LogP contribution in [0.3, 0.4) is 0 Å². The molecule has 4 saturated carbocycles. The molecule has 4 bridgehead atoms. The van der Waals surface area contributed by atoms with Crippen LogP contribution in [0.25, 0.3) is 16.9 Å². The van der Waals surface area contributed by atoms with E-state index in [4.69, 9.17) is 0 Å². The van der Waals surface area contributed by atoms with Crippen LogP contribution in [-0.2, 0) is 6.18 Å². The maximum absolute atomic E-state index is 13.4. The molecule has 0 aromatic carbocycles. The monoisotopic (exact) mass is 414 g/mol. The van der Waals surface area contributed by atoms with Gasteiger partial charge in [0.05, 0.1) is 17.5 Å². The second-order valence-corrected chi connectivity index (χ2v) is 9.26. The van der Waals surface area contributed by atoms with E-state index in [0.29, 0.717) is 11.6 Å². The van der Waals surface area contributed by atoms with Crippen LogP contribution < -0.4 is 5.32 Å². The Labute approximate surface area is 170 Å². The van der Waals surface area contributed by atoms with Crippen LogP contribution in [0.15, 0.2) is 30.6 Å². The van der Waals surface area contributed by atoms with Crippen LogP contribution in [0.1, 0.15) is 44.1 Å². The number of rotatable bonds is 3. The number of pyridine rings is 1. The topological polar surface area (TPSA) is 68.0 Å². The molecular formula is C21H21F3N6. The van der Waals surface area contributed by atoms with Crippen LogP contribution in [0.4, 0.5) is 19.1 Å². The molecule has 0 aliphatic heterocycles. The largest absolute Gasteiger partial charge is 0.418 e. The van der Waals surface area contributed by atoms with Gasteiger partial charge in [-0.25, -0.2) is 0 Å². The third-order valence-corrected chi connectivity index (χ3v) is 7.06. The van der Waals surface area contributed by atoms with Crippen molar-refractivity contribution in [2.24, 2.45) is 17.8 Å². The van der Waals surface area contributed by atoms with Crippen molar-refractivity contribution < 1.29 is 13.2 Å². The highest BCUT2D eigenvalue weighted by atomic mass is 19.4. The van der Waals surface area contributed by atoms with E-state index in [1.165, 1.54) is 37.7 Å². The molecule has 4 aliphatic carbocycles. The van der Waals surface area contributed by atoms with Gasteiger partial charge < -0.3 is 5.32 Å². The molecule has 1 N–H and O–H groups in total. The van der Waals surface area contributed by atoms with Gasteiger partial charge in [0.25, 0.3) is 0 Å². The average Bonchev–Trinajstić information content (AvgIpc) is 3.08. The van der Waals surface area contributed by atoms with Crippen molar-refractivity contribution in [3.63, 3.8) is 0 Å². The van der Waals surface area contributed by atoms with E-state index >= 15 is 0 Å². The minimum Gasteiger partial charge on any atom is -0.347 e. The minimum absolute atomic E-state index is 0.0442. The van der Waals surface area contributed by atoms with Gasteiger partial charge in [-0.2, -0.15) is 22.8 Å². The lowest BCUT2D eigenvalue weighted by Gasteiger charge is -2.56. The van der Waals surface area contributed by atoms with Gasteiger partial charge in [-0.05, 0) is 74.5 Å². The van der Waals surface area contributed by atoms with Crippen LogP contribution in [0.2, 0.25) is 0 Å². The van der Waals surface area contributed by atoms with Crippen LogP contribution >= 0.6 is 0 Å². The van der Waals surface area contributed by atoms with E-state index in [1.54, 1.807) is 10.6 Å². The van der Waals surface area contributed by atoms with Gasteiger partial charge in [-0.1, -0.05) is 0 Å². The fraction of sp³-hybridized carbons (Fsp3) is 0.524. The second-order valence-electron chi connectivity index (χ2n) is 9.26. The predicted octanol–water partition coefficient (Wildman–Crippen LogP) is 4.59. The van der Waals surface area contributed by atoms with Gasteiger partial charge in [-0.15, -0.1) is 10.2 Å². The van der Waals surface area contributed by atoms with Crippen molar-refractivity contribution in [2.45, 2.75) is 50.2 Å². The summed E-state index contributed by atoms with van der Waals surface area (Å²) < 4.78 is 41.7. The fourth-order valence-electron chi connectivity index (χ4n) is 6.36. The molecule has 156 valence electrons. The first-order chi connectivity index (χ1) is 14.4. The molecule has 30 heavy (non-hydrogen) atoms. The zero-order valence-electron chi connectivity index (χ0n) is 16.2. The van der Waals surface area contributed by atoms with Gasteiger partial charge >= 0.3 is 6.18 Å². The number of anilines is 1. The highest BCUT2D eigenvalue weighted by molar-refractivity contribution is 5.67. The summed E-state index contributed by atoms with van der Waals surface area (Å²) in [6.45, 7) is 0. The molecule has 0 saturated heterocycles. The first-order valence-electron chi connectivity index (χ1n) is 10.4. The van der Waals surface area contributed by atoms with E-state index in [1.807, 2.05) is 0 Å². The fourth-order valence-corrected chi connectivity index (χ4v) is 6.36. The van der Waals surface area contributed by atoms with Crippen molar-refractivity contribution >= 4 is 11.6 Å². The van der Waals surface area contributed by atoms with Crippen molar-refractivity contribution in [3.05, 3.63) is 36.2 Å². The van der Waals surface area contributed by atoms with E-state index in [-0.39, 0.29) is 16.8 Å². The Bertz CT molecular complexity index is 1090. The molecule has 3 heterocycles. The Morgan fingerprint density at radius 2 is 1.73 bits per heavy atom. The Kier molecular flexibility index (Phi) is 3.71. The number of nitrogens with one attached hydrogen (secondary N) is 1. The quantitative estimate of drug-likeness (QED) is 0.679. The molecule has 0 spiro atoms. The van der Waals surface area contributed by atoms with E-state index in [9.17, 15) is 13.2 Å². The highest BCUT2D eigenvalue weighted by Gasteiger charge is 2.51. The summed E-state index contributed by atoms with van der Waals surface area (Å²) in [6, 6.07) is 3.86. The highest BCUT2D eigenvalue weighted by Crippen LogP contribution is 2.56. The molecule has 0 unspecified atom stereocenters. The number of hydrogen-bond acceptors (Lipinski definition) is 5. The molecule has 4 fully saturated rings. The molecule has 6 nitrogen and oxygen atoms in total. The molecule has 0 atom stereocenters. The summed E-state index contributed by atoms with van der Waals surface area (Å²) in [5, 5.41) is 16.4. The van der Waals surface area contributed by atoms with Gasteiger partial charge in [-0.3, -0.25) is 4.98 Å². The third kappa shape index (κ3) is 2.86. The summed E-state index contributed by atoms with van der Waals surface area (Å²) >= 11 is 0. The van der Waals surface area contributed by atoms with Crippen molar-refractivity contribution in [1.29, 1.82) is 0 Å². The number of alkyl halides is 3. The van der Waals surface area contributed by atoms with Crippen molar-refractivity contribution in [3.8, 4) is 11.3 Å². The van der Waals surface area contributed by atoms with Gasteiger partial charge in [0.2, 0.25) is 5.95 Å². The number of hydrogen-bond donors (Lipinski definition) is 1. The molecular weight excluding hydrogens is 393 g/mol. The second kappa shape index (κ2) is 6.15. The Morgan fingerprint density at radius 1 is 1.03 bits per heavy atom. The lowest BCUT2D eigenvalue weighted by atomic mass is 9.53. The summed E-state index contributed by atoms with van der Waals surface area (Å²) in [7, 11) is 0. The lowest BCUT2D eigenvalue weighted by molar-refractivity contribution is -0.137. The Hall–Kier alpha value is -2.71. The van der Waals surface area contributed by atoms with E-state index in [2.05, 4.69) is 25.6 Å². The van der Waals surface area contributed by atoms with E-state index < -0.39 is 11.7 Å². The standard InChI is InChI=1S/C21H21F3N6/c22-21(23,24)16-2-1-3-25-18(16)15-7-17-28-29-19(30(17)26-11-15)27-20-8-12-4-13(9-20)6-14(5-12)10-20/h1-3,7,11-14H,4-6,8-10H2,(H,27,29). The predicted molar refractivity (Wildman–Crippen MR) is 104 cm³/mol. The van der Waals surface area contributed by atoms with E-state index in [0.717, 1.165) is 43.1 Å². The molecule has 4 aliphatic rings. The SMILES string of the molecule is FC(F)(F)c1cccnc1-c1cnn2c(NC34CC5CC(CC(C5)C3)C4)nnc2c1. The van der Waals surface area contributed by atoms with Crippen LogP contribution in [0, 0.1) is 17.8 Å². The molecule has 0 amide bonds. The minimum atomic E-state index is -4.49. The first-order valence-corrected chi connectivity index (χ1v) is 10.4. The molecule has 9 heteroatoms. The molecule has 3 aromatic heterocycles. The number of halogens is 3. The zero-order valence-corrected chi connectivity index (χ0v) is 16.2. The van der Waals surface area contributed by atoms with Crippen LogP contribution in [0.5, 0.6) is 0 Å². The number of nitrogens with zero attached hydrogens (tertiary/aromatic N) is 5. The third-order valence-electron chi connectivity index (χ3n) is 7.06. The Morgan fingerprint density at radius 3 is 2.40 bits per heavy atom. The summed E-state index contributed by atoms with van der Waals surface area (Å²) in [6.07, 6.45) is 5.73. The molecule has 7 rings (SSSR count). The van der Waals surface area contributed by atoms with Crippen LogP contribution in [-0.4, -0.2) is 30.3 Å². The maximum atomic E-state index is 13.4. The van der Waals surface area contributed by atoms with Gasteiger partial charge in [0.1, 0.15) is 0 Å². The average molecular weight is 414 g/mol. The van der Waals surface area contributed by atoms with Crippen molar-refractivity contribution in [2.75, 3.05) is 5.32 Å². The zero-order chi connectivity index (χ0) is 20.5. The van der Waals surface area contributed by atoms with Crippen molar-refractivity contribution in [1.82, 2.24) is 24.8 Å². The number of aromatic nitrogens is 5. The summed E-state index contributed by atoms with van der Waals surface area (Å²) in [4.78, 5) is 3.94. The maximum Gasteiger partial charge on any atom is 0.418 e. The van der Waals surface area contributed by atoms with Gasteiger partial charge in [0, 0.05) is 17.3 Å². The van der Waals surface area contributed by atoms with Gasteiger partial charge in [0.15, 0.2) is 5.65 Å². The summed E-state index contributed by atoms with van der Waals surface area (Å²) in [5.41, 5.74) is -0.230. The lowest BCUT2D eigenvalue weighted by Crippen LogP contribution is -2.55. The number of fused-ring (bicyclic) bond motifs is 1. The molecule has 0 radical (unpaired) electrons. The normalized spacial score (nSPS) is 30.2. The smallest absolute Gasteiger partial charge is 0.347 e.